The highest BCUT2D eigenvalue weighted by Gasteiger charge is 2.21. The van der Waals surface area contributed by atoms with E-state index >= 15 is 0 Å². The first kappa shape index (κ1) is 27.9. The number of piperidine rings is 1. The summed E-state index contributed by atoms with van der Waals surface area (Å²) in [5.74, 6) is 2.14. The number of benzene rings is 2. The van der Waals surface area contributed by atoms with Crippen LogP contribution in [0.2, 0.25) is 5.02 Å². The first-order chi connectivity index (χ1) is 17.4. The molecule has 0 aromatic heterocycles. The van der Waals surface area contributed by atoms with Crippen molar-refractivity contribution in [2.75, 3.05) is 59.8 Å². The Labute approximate surface area is 219 Å². The highest BCUT2D eigenvalue weighted by Crippen LogP contribution is 2.29. The quantitative estimate of drug-likeness (QED) is 0.299. The molecule has 0 aliphatic carbocycles. The molecule has 9 heteroatoms. The molecule has 3 N–H and O–H groups in total. The van der Waals surface area contributed by atoms with Gasteiger partial charge in [-0.25, -0.2) is 0 Å². The number of amides is 1. The Balaban J connectivity index is 1.29. The van der Waals surface area contributed by atoms with Crippen molar-refractivity contribution in [2.24, 2.45) is 5.92 Å². The third-order valence-corrected chi connectivity index (χ3v) is 6.88. The third kappa shape index (κ3) is 7.91. The fraction of sp³-hybridized carbons (Fsp3) is 0.519. The lowest BCUT2D eigenvalue weighted by Gasteiger charge is -2.32. The van der Waals surface area contributed by atoms with Gasteiger partial charge < -0.3 is 34.9 Å². The third-order valence-electron chi connectivity index (χ3n) is 6.55. The van der Waals surface area contributed by atoms with Crippen LogP contribution in [-0.2, 0) is 11.3 Å². The van der Waals surface area contributed by atoms with Gasteiger partial charge in [0.15, 0.2) is 11.5 Å². The van der Waals surface area contributed by atoms with E-state index in [0.717, 1.165) is 69.0 Å². The Morgan fingerprint density at radius 1 is 1.03 bits per heavy atom. The van der Waals surface area contributed by atoms with Crippen LogP contribution in [0.1, 0.15) is 41.6 Å². The number of nitrogen functional groups attached to an aromatic ring is 1. The van der Waals surface area contributed by atoms with Gasteiger partial charge in [-0.05, 0) is 75.0 Å². The lowest BCUT2D eigenvalue weighted by Crippen LogP contribution is -2.39. The number of nitrogens with two attached hydrogens (primary N) is 1. The predicted octanol–water partition coefficient (Wildman–Crippen LogP) is 4.39. The topological polar surface area (TPSA) is 95.3 Å². The van der Waals surface area contributed by atoms with Crippen molar-refractivity contribution in [1.29, 1.82) is 0 Å². The zero-order valence-electron chi connectivity index (χ0n) is 21.5. The molecule has 198 valence electrons. The van der Waals surface area contributed by atoms with Gasteiger partial charge in [-0.15, -0.1) is 0 Å². The van der Waals surface area contributed by atoms with Crippen molar-refractivity contribution < 1.29 is 23.7 Å². The largest absolute Gasteiger partial charge is 0.496 e. The lowest BCUT2D eigenvalue weighted by atomic mass is 9.96. The summed E-state index contributed by atoms with van der Waals surface area (Å²) in [6.45, 7) is 5.09. The van der Waals surface area contributed by atoms with Crippen LogP contribution < -0.4 is 25.3 Å². The maximum absolute atomic E-state index is 12.6. The summed E-state index contributed by atoms with van der Waals surface area (Å²) in [6.07, 6.45) is 4.26. The zero-order chi connectivity index (χ0) is 25.9. The molecule has 1 aliphatic rings. The molecule has 8 nitrogen and oxygen atoms in total. The van der Waals surface area contributed by atoms with E-state index in [2.05, 4.69) is 10.2 Å². The fourth-order valence-electron chi connectivity index (χ4n) is 4.36. The molecule has 2 aromatic rings. The number of nitrogens with zero attached hydrogens (tertiary/aromatic N) is 1. The summed E-state index contributed by atoms with van der Waals surface area (Å²) in [7, 11) is 4.78. The average molecular weight is 520 g/mol. The molecule has 0 saturated carbocycles. The Morgan fingerprint density at radius 3 is 2.44 bits per heavy atom. The maximum atomic E-state index is 12.6. The van der Waals surface area contributed by atoms with Gasteiger partial charge in [-0.2, -0.15) is 0 Å². The van der Waals surface area contributed by atoms with Gasteiger partial charge in [-0.1, -0.05) is 17.7 Å². The number of halogens is 1. The predicted molar refractivity (Wildman–Crippen MR) is 142 cm³/mol. The second-order valence-corrected chi connectivity index (χ2v) is 9.43. The van der Waals surface area contributed by atoms with Crippen LogP contribution in [0.4, 0.5) is 5.69 Å². The van der Waals surface area contributed by atoms with E-state index in [1.54, 1.807) is 26.4 Å². The van der Waals surface area contributed by atoms with Gasteiger partial charge >= 0.3 is 0 Å². The summed E-state index contributed by atoms with van der Waals surface area (Å²) in [5.41, 5.74) is 7.67. The van der Waals surface area contributed by atoms with Gasteiger partial charge in [-0.3, -0.25) is 4.79 Å². The van der Waals surface area contributed by atoms with Gasteiger partial charge in [0.1, 0.15) is 5.75 Å². The Bertz CT molecular complexity index is 996. The minimum Gasteiger partial charge on any atom is -0.496 e. The normalized spacial score (nSPS) is 14.4. The van der Waals surface area contributed by atoms with Crippen LogP contribution in [0.15, 0.2) is 30.3 Å². The molecular formula is C27H38ClN3O5. The second-order valence-electron chi connectivity index (χ2n) is 9.02. The number of nitrogens with one attached hydrogen (secondary N) is 1. The number of hydrogen-bond acceptors (Lipinski definition) is 7. The number of rotatable bonds is 13. The molecular weight excluding hydrogens is 482 g/mol. The van der Waals surface area contributed by atoms with Crippen molar-refractivity contribution in [3.05, 3.63) is 46.5 Å². The van der Waals surface area contributed by atoms with E-state index in [9.17, 15) is 4.79 Å². The van der Waals surface area contributed by atoms with Crippen LogP contribution in [0.5, 0.6) is 17.2 Å². The molecule has 0 radical (unpaired) electrons. The van der Waals surface area contributed by atoms with Crippen LogP contribution >= 0.6 is 11.6 Å². The maximum Gasteiger partial charge on any atom is 0.255 e. The Kier molecular flexibility index (Phi) is 11.0. The number of anilines is 1. The van der Waals surface area contributed by atoms with E-state index in [-0.39, 0.29) is 5.91 Å². The van der Waals surface area contributed by atoms with Crippen LogP contribution in [0.25, 0.3) is 0 Å². The molecule has 1 amide bonds. The van der Waals surface area contributed by atoms with Crippen molar-refractivity contribution in [3.63, 3.8) is 0 Å². The van der Waals surface area contributed by atoms with Gasteiger partial charge in [0.25, 0.3) is 5.91 Å². The highest BCUT2D eigenvalue weighted by atomic mass is 35.5. The summed E-state index contributed by atoms with van der Waals surface area (Å²) in [6, 6.07) is 8.99. The van der Waals surface area contributed by atoms with Crippen LogP contribution in [-0.4, -0.2) is 64.9 Å². The molecule has 1 fully saturated rings. The minimum atomic E-state index is -0.190. The van der Waals surface area contributed by atoms with E-state index < -0.39 is 0 Å². The van der Waals surface area contributed by atoms with Crippen molar-refractivity contribution in [2.45, 2.75) is 32.3 Å². The van der Waals surface area contributed by atoms with E-state index in [1.807, 2.05) is 18.2 Å². The first-order valence-corrected chi connectivity index (χ1v) is 12.7. The fourth-order valence-corrected chi connectivity index (χ4v) is 4.53. The van der Waals surface area contributed by atoms with E-state index in [0.29, 0.717) is 41.1 Å². The molecule has 0 bridgehead atoms. The minimum absolute atomic E-state index is 0.190. The van der Waals surface area contributed by atoms with Crippen molar-refractivity contribution >= 4 is 23.2 Å². The van der Waals surface area contributed by atoms with Gasteiger partial charge in [0, 0.05) is 19.2 Å². The summed E-state index contributed by atoms with van der Waals surface area (Å²) in [4.78, 5) is 15.1. The van der Waals surface area contributed by atoms with Crippen LogP contribution in [0, 0.1) is 5.92 Å². The first-order valence-electron chi connectivity index (χ1n) is 12.4. The summed E-state index contributed by atoms with van der Waals surface area (Å²) in [5, 5.41) is 3.38. The molecule has 0 atom stereocenters. The standard InChI is InChI=1S/C27H38ClN3O5/c1-33-24-7-6-20(14-26(24)35-3)18-36-13-5-4-10-31-11-8-19(9-12-31)17-30-27(32)21-15-22(28)23(29)16-25(21)34-2/h6-7,14-16,19H,4-5,8-13,17-18,29H2,1-3H3,(H,30,32). The van der Waals surface area contributed by atoms with Crippen molar-refractivity contribution in [1.82, 2.24) is 10.2 Å². The zero-order valence-corrected chi connectivity index (χ0v) is 22.2. The summed E-state index contributed by atoms with van der Waals surface area (Å²) >= 11 is 6.09. The molecule has 0 unspecified atom stereocenters. The number of carbonyl (C=O) groups is 1. The number of unbranched alkanes of at least 4 members (excludes halogenated alkanes) is 1. The van der Waals surface area contributed by atoms with Crippen LogP contribution in [0.3, 0.4) is 0 Å². The molecule has 1 saturated heterocycles. The molecule has 1 heterocycles. The molecule has 3 rings (SSSR count). The Hall–Kier alpha value is -2.68. The average Bonchev–Trinajstić information content (AvgIpc) is 2.90. The van der Waals surface area contributed by atoms with E-state index in [4.69, 9.17) is 36.3 Å². The second kappa shape index (κ2) is 14.2. The smallest absolute Gasteiger partial charge is 0.255 e. The number of likely N-dealkylation sites (tertiary alicyclic amines) is 1. The monoisotopic (exact) mass is 519 g/mol. The number of carbonyl (C=O) groups excluding carboxylic acids is 1. The molecule has 1 aliphatic heterocycles. The summed E-state index contributed by atoms with van der Waals surface area (Å²) < 4.78 is 21.7. The lowest BCUT2D eigenvalue weighted by molar-refractivity contribution is 0.0930. The van der Waals surface area contributed by atoms with Gasteiger partial charge in [0.05, 0.1) is 44.2 Å². The van der Waals surface area contributed by atoms with E-state index in [1.165, 1.54) is 7.11 Å². The number of ether oxygens (including phenoxy) is 4. The Morgan fingerprint density at radius 2 is 1.75 bits per heavy atom. The highest BCUT2D eigenvalue weighted by molar-refractivity contribution is 6.33. The SMILES string of the molecule is COc1ccc(COCCCCN2CCC(CNC(=O)c3cc(Cl)c(N)cc3OC)CC2)cc1OC. The molecule has 0 spiro atoms. The van der Waals surface area contributed by atoms with Crippen molar-refractivity contribution in [3.8, 4) is 17.2 Å². The number of methoxy groups -OCH3 is 3. The number of hydrogen-bond donors (Lipinski definition) is 2. The van der Waals surface area contributed by atoms with Gasteiger partial charge in [0.2, 0.25) is 0 Å². The molecule has 36 heavy (non-hydrogen) atoms. The molecule has 2 aromatic carbocycles.